The van der Waals surface area contributed by atoms with Crippen molar-refractivity contribution in [2.45, 2.75) is 6.54 Å². The van der Waals surface area contributed by atoms with E-state index in [4.69, 9.17) is 0 Å². The molecule has 0 bridgehead atoms. The smallest absolute Gasteiger partial charge is 0.321 e. The van der Waals surface area contributed by atoms with Crippen LogP contribution in [0, 0.1) is 0 Å². The van der Waals surface area contributed by atoms with E-state index in [-0.39, 0.29) is 11.8 Å². The molecule has 0 saturated carbocycles. The third-order valence-corrected chi connectivity index (χ3v) is 3.98. The second-order valence-electron chi connectivity index (χ2n) is 4.46. The summed E-state index contributed by atoms with van der Waals surface area (Å²) in [5.41, 5.74) is 2.40. The van der Waals surface area contributed by atoms with Gasteiger partial charge in [0, 0.05) is 24.8 Å². The molecule has 0 fully saturated rings. The zero-order valence-electron chi connectivity index (χ0n) is 10.3. The molecule has 1 aromatic carbocycles. The number of carbonyl (C=O) groups excluding carboxylic acids is 2. The number of carbonyl (C=O) groups is 2. The van der Waals surface area contributed by atoms with Crippen molar-refractivity contribution in [2.75, 3.05) is 12.4 Å². The number of fused-ring (bicyclic) bond motifs is 1. The maximum Gasteiger partial charge on any atom is 0.321 e. The summed E-state index contributed by atoms with van der Waals surface area (Å²) < 4.78 is 0. The number of benzene rings is 1. The number of urea groups is 1. The molecule has 0 saturated heterocycles. The molecular weight excluding hydrogens is 260 g/mol. The minimum absolute atomic E-state index is 0.0253. The number of hydrogen-bond donors (Lipinski definition) is 1. The molecule has 1 N–H and O–H groups in total. The fourth-order valence-electron chi connectivity index (χ4n) is 2.08. The number of nitrogens with one attached hydrogen (secondary N) is 1. The molecular formula is C14H12N2O2S. The number of amides is 2. The lowest BCUT2D eigenvalue weighted by Gasteiger charge is -2.26. The molecule has 4 nitrogen and oxygen atoms in total. The second-order valence-corrected chi connectivity index (χ2v) is 5.41. The Labute approximate surface area is 114 Å². The lowest BCUT2D eigenvalue weighted by Crippen LogP contribution is -2.35. The standard InChI is InChI=1S/C14H12N2O2S/c1-16-8-10-7-9(4-5-11(10)15-14(16)18)13(17)12-3-2-6-19-12/h2-7H,8H2,1H3,(H,15,18). The van der Waals surface area contributed by atoms with Crippen molar-refractivity contribution in [3.63, 3.8) is 0 Å². The van der Waals surface area contributed by atoms with Crippen LogP contribution in [0.3, 0.4) is 0 Å². The van der Waals surface area contributed by atoms with Crippen molar-refractivity contribution in [3.8, 4) is 0 Å². The Bertz CT molecular complexity index is 649. The first-order valence-corrected chi connectivity index (χ1v) is 6.76. The summed E-state index contributed by atoms with van der Waals surface area (Å²) in [6, 6.07) is 8.97. The van der Waals surface area contributed by atoms with Gasteiger partial charge in [-0.1, -0.05) is 6.07 Å². The summed E-state index contributed by atoms with van der Waals surface area (Å²) in [5, 5.41) is 4.68. The lowest BCUT2D eigenvalue weighted by molar-refractivity contribution is 0.104. The fourth-order valence-corrected chi connectivity index (χ4v) is 2.76. The molecule has 1 aromatic heterocycles. The molecule has 1 aliphatic rings. The first-order valence-electron chi connectivity index (χ1n) is 5.88. The normalized spacial score (nSPS) is 13.9. The van der Waals surface area contributed by atoms with Crippen LogP contribution in [0.15, 0.2) is 35.7 Å². The predicted octanol–water partition coefficient (Wildman–Crippen LogP) is 2.96. The molecule has 0 atom stereocenters. The van der Waals surface area contributed by atoms with E-state index in [1.165, 1.54) is 11.3 Å². The van der Waals surface area contributed by atoms with Gasteiger partial charge in [-0.3, -0.25) is 4.79 Å². The van der Waals surface area contributed by atoms with Crippen LogP contribution in [0.5, 0.6) is 0 Å². The highest BCUT2D eigenvalue weighted by Gasteiger charge is 2.20. The Kier molecular flexibility index (Phi) is 2.83. The van der Waals surface area contributed by atoms with Crippen LogP contribution in [0.25, 0.3) is 0 Å². The Morgan fingerprint density at radius 1 is 1.37 bits per heavy atom. The van der Waals surface area contributed by atoms with E-state index in [0.717, 1.165) is 16.1 Å². The molecule has 19 heavy (non-hydrogen) atoms. The Hall–Kier alpha value is -2.14. The van der Waals surface area contributed by atoms with E-state index in [1.807, 2.05) is 23.6 Å². The number of hydrogen-bond acceptors (Lipinski definition) is 3. The molecule has 1 aliphatic heterocycles. The van der Waals surface area contributed by atoms with Crippen LogP contribution in [-0.4, -0.2) is 23.8 Å². The van der Waals surface area contributed by atoms with Crippen molar-refractivity contribution in [1.82, 2.24) is 4.90 Å². The van der Waals surface area contributed by atoms with Crippen molar-refractivity contribution < 1.29 is 9.59 Å². The number of ketones is 1. The summed E-state index contributed by atoms with van der Waals surface area (Å²) in [6.07, 6.45) is 0. The van der Waals surface area contributed by atoms with E-state index >= 15 is 0 Å². The van der Waals surface area contributed by atoms with Crippen molar-refractivity contribution in [2.24, 2.45) is 0 Å². The van der Waals surface area contributed by atoms with Crippen LogP contribution in [-0.2, 0) is 6.54 Å². The van der Waals surface area contributed by atoms with Crippen LogP contribution in [0.2, 0.25) is 0 Å². The van der Waals surface area contributed by atoms with Gasteiger partial charge >= 0.3 is 6.03 Å². The second kappa shape index (κ2) is 4.51. The Morgan fingerprint density at radius 3 is 2.95 bits per heavy atom. The average molecular weight is 272 g/mol. The van der Waals surface area contributed by atoms with Crippen molar-refractivity contribution >= 4 is 28.8 Å². The Balaban J connectivity index is 1.96. The van der Waals surface area contributed by atoms with E-state index < -0.39 is 0 Å². The van der Waals surface area contributed by atoms with Crippen LogP contribution < -0.4 is 5.32 Å². The van der Waals surface area contributed by atoms with Gasteiger partial charge in [0.15, 0.2) is 0 Å². The van der Waals surface area contributed by atoms with Gasteiger partial charge in [0.1, 0.15) is 0 Å². The largest absolute Gasteiger partial charge is 0.323 e. The number of thiophene rings is 1. The highest BCUT2D eigenvalue weighted by molar-refractivity contribution is 7.12. The SMILES string of the molecule is CN1Cc2cc(C(=O)c3cccs3)ccc2NC1=O. The van der Waals surface area contributed by atoms with Gasteiger partial charge in [-0.2, -0.15) is 0 Å². The summed E-state index contributed by atoms with van der Waals surface area (Å²) >= 11 is 1.43. The number of nitrogens with zero attached hydrogens (tertiary/aromatic N) is 1. The molecule has 2 amide bonds. The van der Waals surface area contributed by atoms with Gasteiger partial charge in [-0.15, -0.1) is 11.3 Å². The highest BCUT2D eigenvalue weighted by Crippen LogP contribution is 2.25. The van der Waals surface area contributed by atoms with Gasteiger partial charge in [0.25, 0.3) is 0 Å². The third kappa shape index (κ3) is 2.13. The molecule has 0 aliphatic carbocycles. The number of anilines is 1. The molecule has 96 valence electrons. The molecule has 2 aromatic rings. The summed E-state index contributed by atoms with van der Waals surface area (Å²) in [6.45, 7) is 0.521. The minimum Gasteiger partial charge on any atom is -0.323 e. The van der Waals surface area contributed by atoms with Crippen molar-refractivity contribution in [3.05, 3.63) is 51.7 Å². The van der Waals surface area contributed by atoms with E-state index in [2.05, 4.69) is 5.32 Å². The van der Waals surface area contributed by atoms with E-state index in [0.29, 0.717) is 12.1 Å². The molecule has 0 radical (unpaired) electrons. The van der Waals surface area contributed by atoms with Crippen LogP contribution >= 0.6 is 11.3 Å². The lowest BCUT2D eigenvalue weighted by atomic mass is 10.0. The van der Waals surface area contributed by atoms with Gasteiger partial charge in [0.05, 0.1) is 4.88 Å². The first-order chi connectivity index (χ1) is 9.15. The summed E-state index contributed by atoms with van der Waals surface area (Å²) in [7, 11) is 1.73. The van der Waals surface area contributed by atoms with Gasteiger partial charge in [-0.05, 0) is 35.2 Å². The Morgan fingerprint density at radius 2 is 2.21 bits per heavy atom. The third-order valence-electron chi connectivity index (χ3n) is 3.11. The first kappa shape index (κ1) is 11.9. The summed E-state index contributed by atoms with van der Waals surface area (Å²) in [4.78, 5) is 26.1. The highest BCUT2D eigenvalue weighted by atomic mass is 32.1. The molecule has 0 spiro atoms. The maximum absolute atomic E-state index is 12.2. The zero-order valence-corrected chi connectivity index (χ0v) is 11.2. The average Bonchev–Trinajstić information content (AvgIpc) is 2.93. The van der Waals surface area contributed by atoms with Gasteiger partial charge in [-0.25, -0.2) is 4.79 Å². The van der Waals surface area contributed by atoms with Crippen LogP contribution in [0.4, 0.5) is 10.5 Å². The quantitative estimate of drug-likeness (QED) is 0.854. The molecule has 3 rings (SSSR count). The maximum atomic E-state index is 12.2. The van der Waals surface area contributed by atoms with Gasteiger partial charge in [0.2, 0.25) is 5.78 Å². The van der Waals surface area contributed by atoms with Gasteiger partial charge < -0.3 is 10.2 Å². The molecule has 5 heteroatoms. The fraction of sp³-hybridized carbons (Fsp3) is 0.143. The molecule has 0 unspecified atom stereocenters. The van der Waals surface area contributed by atoms with Crippen molar-refractivity contribution in [1.29, 1.82) is 0 Å². The van der Waals surface area contributed by atoms with E-state index in [9.17, 15) is 9.59 Å². The topological polar surface area (TPSA) is 49.4 Å². The predicted molar refractivity (Wildman–Crippen MR) is 74.7 cm³/mol. The summed E-state index contributed by atoms with van der Waals surface area (Å²) in [5.74, 6) is 0.0253. The monoisotopic (exact) mass is 272 g/mol. The van der Waals surface area contributed by atoms with Crippen LogP contribution in [0.1, 0.15) is 20.8 Å². The zero-order chi connectivity index (χ0) is 13.4. The number of rotatable bonds is 2. The minimum atomic E-state index is -0.121. The van der Waals surface area contributed by atoms with E-state index in [1.54, 1.807) is 24.1 Å². The molecule has 2 heterocycles.